The Hall–Kier alpha value is -5.08. The molecule has 0 atom stereocenters. The van der Waals surface area contributed by atoms with Gasteiger partial charge < -0.3 is 0 Å². The summed E-state index contributed by atoms with van der Waals surface area (Å²) in [5.41, 5.74) is 10.0. The molecule has 0 fully saturated rings. The van der Waals surface area contributed by atoms with Crippen molar-refractivity contribution in [3.05, 3.63) is 145 Å². The lowest BCUT2D eigenvalue weighted by Gasteiger charge is -2.18. The highest BCUT2D eigenvalue weighted by atomic mass is 14.8. The third kappa shape index (κ3) is 4.17. The zero-order chi connectivity index (χ0) is 26.2. The Morgan fingerprint density at radius 3 is 1.56 bits per heavy atom. The van der Waals surface area contributed by atoms with Crippen LogP contribution in [0.25, 0.3) is 66.4 Å². The van der Waals surface area contributed by atoms with Crippen LogP contribution in [0.5, 0.6) is 0 Å². The summed E-state index contributed by atoms with van der Waals surface area (Å²) >= 11 is 0. The first-order valence-electron chi connectivity index (χ1n) is 13.3. The third-order valence-corrected chi connectivity index (χ3v) is 7.38. The second-order valence-electron chi connectivity index (χ2n) is 9.91. The van der Waals surface area contributed by atoms with Crippen molar-refractivity contribution in [2.45, 2.75) is 6.92 Å². The topological polar surface area (TPSA) is 25.8 Å². The molecule has 39 heavy (non-hydrogen) atoms. The molecule has 0 radical (unpaired) electrons. The number of fused-ring (bicyclic) bond motifs is 2. The van der Waals surface area contributed by atoms with E-state index in [0.717, 1.165) is 22.6 Å². The van der Waals surface area contributed by atoms with E-state index in [1.54, 1.807) is 6.20 Å². The highest BCUT2D eigenvalue weighted by Gasteiger charge is 2.16. The molecule has 2 aromatic heterocycles. The van der Waals surface area contributed by atoms with Gasteiger partial charge in [0.15, 0.2) is 0 Å². The van der Waals surface area contributed by atoms with E-state index in [4.69, 9.17) is 4.98 Å². The number of aryl methyl sites for hydroxylation is 1. The Bertz CT molecular complexity index is 1900. The summed E-state index contributed by atoms with van der Waals surface area (Å²) in [5.74, 6) is 0. The maximum absolute atomic E-state index is 4.91. The zero-order valence-electron chi connectivity index (χ0n) is 21.7. The molecule has 2 heteroatoms. The van der Waals surface area contributed by atoms with Crippen molar-refractivity contribution in [1.82, 2.24) is 9.97 Å². The number of hydrogen-bond acceptors (Lipinski definition) is 2. The van der Waals surface area contributed by atoms with Gasteiger partial charge in [-0.1, -0.05) is 115 Å². The van der Waals surface area contributed by atoms with Gasteiger partial charge in [-0.3, -0.25) is 4.98 Å². The number of benzene rings is 5. The molecule has 7 rings (SSSR count). The second-order valence-corrected chi connectivity index (χ2v) is 9.91. The molecule has 2 heterocycles. The van der Waals surface area contributed by atoms with Crippen LogP contribution in [0.2, 0.25) is 0 Å². The minimum atomic E-state index is 0.876. The number of nitrogens with zero attached hydrogens (tertiary/aromatic N) is 2. The van der Waals surface area contributed by atoms with Crippen LogP contribution in [-0.2, 0) is 0 Å². The van der Waals surface area contributed by atoms with E-state index in [-0.39, 0.29) is 0 Å². The van der Waals surface area contributed by atoms with Crippen LogP contribution >= 0.6 is 0 Å². The van der Waals surface area contributed by atoms with Crippen LogP contribution < -0.4 is 0 Å². The maximum Gasteiger partial charge on any atom is 0.0893 e. The average Bonchev–Trinajstić information content (AvgIpc) is 3.00. The van der Waals surface area contributed by atoms with Gasteiger partial charge in [-0.05, 0) is 75.0 Å². The van der Waals surface area contributed by atoms with E-state index >= 15 is 0 Å². The highest BCUT2D eigenvalue weighted by Crippen LogP contribution is 2.43. The molecule has 7 aromatic rings. The summed E-state index contributed by atoms with van der Waals surface area (Å²) in [7, 11) is 0. The fourth-order valence-electron chi connectivity index (χ4n) is 5.61. The molecular weight excluding hydrogens is 472 g/mol. The van der Waals surface area contributed by atoms with Gasteiger partial charge in [0.25, 0.3) is 0 Å². The summed E-state index contributed by atoms with van der Waals surface area (Å²) < 4.78 is 0. The molecule has 0 saturated heterocycles. The van der Waals surface area contributed by atoms with Crippen LogP contribution in [-0.4, -0.2) is 9.97 Å². The first-order chi connectivity index (χ1) is 19.3. The third-order valence-electron chi connectivity index (χ3n) is 7.38. The van der Waals surface area contributed by atoms with Gasteiger partial charge in [-0.15, -0.1) is 0 Å². The minimum absolute atomic E-state index is 0.876. The fraction of sp³-hybridized carbons (Fsp3) is 0.0270. The van der Waals surface area contributed by atoms with E-state index in [9.17, 15) is 0 Å². The SMILES string of the molecule is Cc1cccc(-c2c3ccccc3c(-c3ccc(-c4cccc(-c5ccccn5)n4)cc3)c3ccccc23)c1. The highest BCUT2D eigenvalue weighted by molar-refractivity contribution is 6.21. The summed E-state index contributed by atoms with van der Waals surface area (Å²) in [6.45, 7) is 2.16. The molecule has 0 aliphatic rings. The van der Waals surface area contributed by atoms with E-state index in [2.05, 4.69) is 115 Å². The number of aromatic nitrogens is 2. The lowest BCUT2D eigenvalue weighted by atomic mass is 9.85. The number of hydrogen-bond donors (Lipinski definition) is 0. The standard InChI is InChI=1S/C37H26N2/c1-25-10-8-11-28(24-25)37-31-14-4-2-12-29(31)36(30-13-3-5-15-32(30)37)27-21-19-26(20-22-27)33-17-9-18-35(39-33)34-16-6-7-23-38-34/h2-24H,1H3. The van der Waals surface area contributed by atoms with E-state index < -0.39 is 0 Å². The summed E-state index contributed by atoms with van der Waals surface area (Å²) in [6.07, 6.45) is 1.80. The first kappa shape index (κ1) is 23.1. The Kier molecular flexibility index (Phi) is 5.71. The zero-order valence-corrected chi connectivity index (χ0v) is 21.7. The smallest absolute Gasteiger partial charge is 0.0893 e. The molecular formula is C37H26N2. The van der Waals surface area contributed by atoms with Gasteiger partial charge in [0, 0.05) is 11.8 Å². The average molecular weight is 499 g/mol. The second kappa shape index (κ2) is 9.66. The van der Waals surface area contributed by atoms with Crippen molar-refractivity contribution in [2.75, 3.05) is 0 Å². The van der Waals surface area contributed by atoms with Crippen molar-refractivity contribution < 1.29 is 0 Å². The van der Waals surface area contributed by atoms with Crippen molar-refractivity contribution in [3.63, 3.8) is 0 Å². The predicted molar refractivity (Wildman–Crippen MR) is 164 cm³/mol. The van der Waals surface area contributed by atoms with Crippen LogP contribution in [0.4, 0.5) is 0 Å². The predicted octanol–water partition coefficient (Wildman–Crippen LogP) is 9.76. The van der Waals surface area contributed by atoms with Crippen LogP contribution in [0, 0.1) is 6.92 Å². The molecule has 2 nitrogen and oxygen atoms in total. The molecule has 0 unspecified atom stereocenters. The van der Waals surface area contributed by atoms with Gasteiger partial charge in [0.05, 0.1) is 17.1 Å². The summed E-state index contributed by atoms with van der Waals surface area (Å²) in [6, 6.07) is 47.2. The van der Waals surface area contributed by atoms with Gasteiger partial charge in [0.2, 0.25) is 0 Å². The Morgan fingerprint density at radius 2 is 0.949 bits per heavy atom. The normalized spacial score (nSPS) is 11.2. The summed E-state index contributed by atoms with van der Waals surface area (Å²) in [4.78, 5) is 9.37. The summed E-state index contributed by atoms with van der Waals surface area (Å²) in [5, 5.41) is 5.06. The molecule has 184 valence electrons. The van der Waals surface area contributed by atoms with Crippen molar-refractivity contribution in [3.8, 4) is 44.9 Å². The van der Waals surface area contributed by atoms with Crippen LogP contribution in [0.3, 0.4) is 0 Å². The molecule has 0 spiro atoms. The molecule has 0 bridgehead atoms. The Morgan fingerprint density at radius 1 is 0.410 bits per heavy atom. The number of rotatable bonds is 4. The largest absolute Gasteiger partial charge is 0.255 e. The Balaban J connectivity index is 1.39. The lowest BCUT2D eigenvalue weighted by molar-refractivity contribution is 1.25. The molecule has 0 aliphatic carbocycles. The van der Waals surface area contributed by atoms with Crippen molar-refractivity contribution in [1.29, 1.82) is 0 Å². The van der Waals surface area contributed by atoms with Gasteiger partial charge in [-0.2, -0.15) is 0 Å². The van der Waals surface area contributed by atoms with E-state index in [1.165, 1.54) is 49.4 Å². The maximum atomic E-state index is 4.91. The molecule has 0 saturated carbocycles. The lowest BCUT2D eigenvalue weighted by Crippen LogP contribution is -1.92. The van der Waals surface area contributed by atoms with Gasteiger partial charge >= 0.3 is 0 Å². The number of pyridine rings is 2. The van der Waals surface area contributed by atoms with Gasteiger partial charge in [-0.25, -0.2) is 4.98 Å². The van der Waals surface area contributed by atoms with Crippen LogP contribution in [0.15, 0.2) is 140 Å². The monoisotopic (exact) mass is 498 g/mol. The minimum Gasteiger partial charge on any atom is -0.255 e. The van der Waals surface area contributed by atoms with E-state index in [1.807, 2.05) is 30.3 Å². The van der Waals surface area contributed by atoms with E-state index in [0.29, 0.717) is 0 Å². The van der Waals surface area contributed by atoms with Crippen LogP contribution in [0.1, 0.15) is 5.56 Å². The molecule has 0 N–H and O–H groups in total. The van der Waals surface area contributed by atoms with Crippen molar-refractivity contribution >= 4 is 21.5 Å². The molecule has 0 aliphatic heterocycles. The quantitative estimate of drug-likeness (QED) is 0.226. The van der Waals surface area contributed by atoms with Crippen molar-refractivity contribution in [2.24, 2.45) is 0 Å². The van der Waals surface area contributed by atoms with Gasteiger partial charge in [0.1, 0.15) is 0 Å². The first-order valence-corrected chi connectivity index (χ1v) is 13.3. The molecule has 5 aromatic carbocycles. The molecule has 0 amide bonds. The fourth-order valence-corrected chi connectivity index (χ4v) is 5.61. The Labute approximate surface area is 228 Å².